The second-order valence-corrected chi connectivity index (χ2v) is 6.80. The summed E-state index contributed by atoms with van der Waals surface area (Å²) in [5.41, 5.74) is 1.00. The van der Waals surface area contributed by atoms with Crippen LogP contribution in [-0.4, -0.2) is 49.0 Å². The third-order valence-electron chi connectivity index (χ3n) is 5.34. The number of aromatic nitrogens is 3. The smallest absolute Gasteiger partial charge is 0.326 e. The van der Waals surface area contributed by atoms with Crippen molar-refractivity contribution in [2.75, 3.05) is 0 Å². The van der Waals surface area contributed by atoms with Gasteiger partial charge in [-0.05, 0) is 37.3 Å². The van der Waals surface area contributed by atoms with Crippen molar-refractivity contribution in [2.24, 2.45) is 5.92 Å². The number of nitrogens with zero attached hydrogens (tertiary/aromatic N) is 4. The molecule has 1 aromatic heterocycles. The number of amides is 1. The van der Waals surface area contributed by atoms with E-state index in [-0.39, 0.29) is 23.6 Å². The van der Waals surface area contributed by atoms with Crippen LogP contribution in [0.25, 0.3) is 5.69 Å². The molecule has 130 valence electrons. The quantitative estimate of drug-likeness (QED) is 0.924. The molecule has 1 saturated carbocycles. The van der Waals surface area contributed by atoms with Crippen molar-refractivity contribution in [3.63, 3.8) is 0 Å². The standard InChI is InChI=1S/C18H20N4O3/c23-17(14-11-21(20-19-14)13-7-2-1-3-8-13)22-15-9-5-4-6-12(15)10-16(22)18(24)25/h1-3,7-8,11-12,15-16H,4-6,9-10H2,(H,24,25). The number of rotatable bonds is 3. The van der Waals surface area contributed by atoms with Gasteiger partial charge in [0.1, 0.15) is 6.04 Å². The fraction of sp³-hybridized carbons (Fsp3) is 0.444. The molecule has 1 aliphatic heterocycles. The van der Waals surface area contributed by atoms with Crippen LogP contribution in [-0.2, 0) is 4.79 Å². The number of hydrogen-bond donors (Lipinski definition) is 1. The third kappa shape index (κ3) is 2.79. The van der Waals surface area contributed by atoms with Gasteiger partial charge in [-0.25, -0.2) is 9.48 Å². The van der Waals surface area contributed by atoms with E-state index in [0.717, 1.165) is 31.4 Å². The Kier molecular flexibility index (Phi) is 3.99. The summed E-state index contributed by atoms with van der Waals surface area (Å²) < 4.78 is 1.54. The minimum atomic E-state index is -0.932. The van der Waals surface area contributed by atoms with E-state index in [1.807, 2.05) is 30.3 Å². The lowest BCUT2D eigenvalue weighted by Gasteiger charge is -2.32. The predicted octanol–water partition coefficient (Wildman–Crippen LogP) is 2.13. The maximum atomic E-state index is 13.0. The van der Waals surface area contributed by atoms with Crippen molar-refractivity contribution in [2.45, 2.75) is 44.2 Å². The fourth-order valence-electron chi connectivity index (χ4n) is 4.17. The molecule has 25 heavy (non-hydrogen) atoms. The molecular weight excluding hydrogens is 320 g/mol. The van der Waals surface area contributed by atoms with E-state index in [2.05, 4.69) is 10.3 Å². The molecule has 0 radical (unpaired) electrons. The number of likely N-dealkylation sites (tertiary alicyclic amines) is 1. The zero-order valence-corrected chi connectivity index (χ0v) is 13.8. The van der Waals surface area contributed by atoms with Gasteiger partial charge in [0.2, 0.25) is 0 Å². The number of carbonyl (C=O) groups excluding carboxylic acids is 1. The average molecular weight is 340 g/mol. The van der Waals surface area contributed by atoms with Gasteiger partial charge >= 0.3 is 5.97 Å². The van der Waals surface area contributed by atoms with Crippen LogP contribution >= 0.6 is 0 Å². The van der Waals surface area contributed by atoms with Crippen LogP contribution in [0, 0.1) is 5.92 Å². The Morgan fingerprint density at radius 1 is 1.12 bits per heavy atom. The van der Waals surface area contributed by atoms with Gasteiger partial charge in [-0.15, -0.1) is 5.10 Å². The van der Waals surface area contributed by atoms with E-state index in [1.165, 1.54) is 4.68 Å². The molecular formula is C18H20N4O3. The Bertz CT molecular complexity index is 789. The number of hydrogen-bond acceptors (Lipinski definition) is 4. The van der Waals surface area contributed by atoms with Crippen molar-refractivity contribution in [3.05, 3.63) is 42.2 Å². The van der Waals surface area contributed by atoms with Crippen LogP contribution in [0.5, 0.6) is 0 Å². The largest absolute Gasteiger partial charge is 0.480 e. The van der Waals surface area contributed by atoms with Crippen LogP contribution in [0.15, 0.2) is 36.5 Å². The number of carboxylic acid groups (broad SMARTS) is 1. The highest BCUT2D eigenvalue weighted by Gasteiger charge is 2.48. The molecule has 2 fully saturated rings. The van der Waals surface area contributed by atoms with Crippen molar-refractivity contribution in [3.8, 4) is 5.69 Å². The lowest BCUT2D eigenvalue weighted by Crippen LogP contribution is -2.46. The molecule has 1 aliphatic carbocycles. The summed E-state index contributed by atoms with van der Waals surface area (Å²) in [6.45, 7) is 0. The zero-order valence-electron chi connectivity index (χ0n) is 13.8. The minimum absolute atomic E-state index is 0.00391. The third-order valence-corrected chi connectivity index (χ3v) is 5.34. The molecule has 2 aliphatic rings. The Hall–Kier alpha value is -2.70. The van der Waals surface area contributed by atoms with Crippen molar-refractivity contribution in [1.82, 2.24) is 19.9 Å². The van der Waals surface area contributed by atoms with E-state index in [0.29, 0.717) is 6.42 Å². The summed E-state index contributed by atoms with van der Waals surface area (Å²) in [5, 5.41) is 17.6. The van der Waals surface area contributed by atoms with Crippen LogP contribution in [0.2, 0.25) is 0 Å². The van der Waals surface area contributed by atoms with Gasteiger partial charge in [-0.2, -0.15) is 0 Å². The van der Waals surface area contributed by atoms with E-state index in [1.54, 1.807) is 11.1 Å². The molecule has 2 heterocycles. The van der Waals surface area contributed by atoms with E-state index < -0.39 is 12.0 Å². The fourth-order valence-corrected chi connectivity index (χ4v) is 4.17. The Balaban J connectivity index is 1.63. The van der Waals surface area contributed by atoms with Crippen LogP contribution in [0.3, 0.4) is 0 Å². The molecule has 3 unspecified atom stereocenters. The first kappa shape index (κ1) is 15.8. The van der Waals surface area contributed by atoms with Gasteiger partial charge in [0.15, 0.2) is 5.69 Å². The number of carboxylic acids is 1. The van der Waals surface area contributed by atoms with E-state index >= 15 is 0 Å². The highest BCUT2D eigenvalue weighted by molar-refractivity contribution is 5.95. The van der Waals surface area contributed by atoms with Crippen LogP contribution in [0.4, 0.5) is 0 Å². The first-order valence-electron chi connectivity index (χ1n) is 8.68. The highest BCUT2D eigenvalue weighted by atomic mass is 16.4. The Morgan fingerprint density at radius 2 is 1.88 bits per heavy atom. The number of fused-ring (bicyclic) bond motifs is 1. The maximum Gasteiger partial charge on any atom is 0.326 e. The van der Waals surface area contributed by atoms with Gasteiger partial charge in [-0.1, -0.05) is 36.3 Å². The number of aliphatic carboxylic acids is 1. The molecule has 3 atom stereocenters. The molecule has 0 bridgehead atoms. The molecule has 4 rings (SSSR count). The zero-order chi connectivity index (χ0) is 17.4. The SMILES string of the molecule is O=C(O)C1CC2CCCCC2N1C(=O)c1cn(-c2ccccc2)nn1. The minimum Gasteiger partial charge on any atom is -0.480 e. The van der Waals surface area contributed by atoms with Gasteiger partial charge in [0, 0.05) is 6.04 Å². The van der Waals surface area contributed by atoms with Gasteiger partial charge in [0.05, 0.1) is 11.9 Å². The summed E-state index contributed by atoms with van der Waals surface area (Å²) in [6, 6.07) is 8.65. The predicted molar refractivity (Wildman–Crippen MR) is 89.3 cm³/mol. The van der Waals surface area contributed by atoms with Crippen molar-refractivity contribution < 1.29 is 14.7 Å². The summed E-state index contributed by atoms with van der Waals surface area (Å²) >= 11 is 0. The van der Waals surface area contributed by atoms with Gasteiger partial charge in [0.25, 0.3) is 5.91 Å². The molecule has 1 N–H and O–H groups in total. The first-order valence-corrected chi connectivity index (χ1v) is 8.68. The monoisotopic (exact) mass is 340 g/mol. The Morgan fingerprint density at radius 3 is 2.64 bits per heavy atom. The second-order valence-electron chi connectivity index (χ2n) is 6.80. The Labute approximate surface area is 145 Å². The highest BCUT2D eigenvalue weighted by Crippen LogP contribution is 2.40. The van der Waals surface area contributed by atoms with Crippen LogP contribution < -0.4 is 0 Å². The molecule has 1 saturated heterocycles. The van der Waals surface area contributed by atoms with Gasteiger partial charge in [-0.3, -0.25) is 4.79 Å². The molecule has 7 nitrogen and oxygen atoms in total. The number of carbonyl (C=O) groups is 2. The summed E-state index contributed by atoms with van der Waals surface area (Å²) in [6.07, 6.45) is 6.13. The number of benzene rings is 1. The molecule has 2 aromatic rings. The summed E-state index contributed by atoms with van der Waals surface area (Å²) in [4.78, 5) is 26.2. The summed E-state index contributed by atoms with van der Waals surface area (Å²) in [7, 11) is 0. The van der Waals surface area contributed by atoms with Gasteiger partial charge < -0.3 is 10.0 Å². The number of para-hydroxylation sites is 1. The molecule has 1 amide bonds. The van der Waals surface area contributed by atoms with E-state index in [4.69, 9.17) is 0 Å². The lowest BCUT2D eigenvalue weighted by atomic mass is 9.84. The van der Waals surface area contributed by atoms with Crippen molar-refractivity contribution >= 4 is 11.9 Å². The topological polar surface area (TPSA) is 88.3 Å². The molecule has 1 aromatic carbocycles. The van der Waals surface area contributed by atoms with E-state index in [9.17, 15) is 14.7 Å². The van der Waals surface area contributed by atoms with Crippen LogP contribution in [0.1, 0.15) is 42.6 Å². The average Bonchev–Trinajstić information content (AvgIpc) is 3.27. The molecule has 0 spiro atoms. The maximum absolute atomic E-state index is 13.0. The molecule has 7 heteroatoms. The lowest BCUT2D eigenvalue weighted by molar-refractivity contribution is -0.141. The van der Waals surface area contributed by atoms with Crippen molar-refractivity contribution in [1.29, 1.82) is 0 Å². The first-order chi connectivity index (χ1) is 12.1. The second kappa shape index (κ2) is 6.31. The summed E-state index contributed by atoms with van der Waals surface area (Å²) in [5.74, 6) is -0.981. The normalized spacial score (nSPS) is 25.6.